The third-order valence-electron chi connectivity index (χ3n) is 5.69. The van der Waals surface area contributed by atoms with E-state index < -0.39 is 0 Å². The number of fused-ring (bicyclic) bond motifs is 1. The summed E-state index contributed by atoms with van der Waals surface area (Å²) in [4.78, 5) is 29.9. The largest absolute Gasteiger partial charge is 0.497 e. The molecule has 182 valence electrons. The summed E-state index contributed by atoms with van der Waals surface area (Å²) in [6.45, 7) is 1.07. The van der Waals surface area contributed by atoms with Crippen molar-refractivity contribution in [1.82, 2.24) is 34.8 Å². The van der Waals surface area contributed by atoms with Gasteiger partial charge < -0.3 is 10.1 Å². The molecule has 0 aliphatic rings. The molecule has 0 radical (unpaired) electrons. The Morgan fingerprint density at radius 1 is 1.17 bits per heavy atom. The summed E-state index contributed by atoms with van der Waals surface area (Å²) in [5.74, 6) is 0.416. The van der Waals surface area contributed by atoms with Gasteiger partial charge in [-0.3, -0.25) is 19.3 Å². The number of carbonyl (C=O) groups is 1. The van der Waals surface area contributed by atoms with Crippen molar-refractivity contribution < 1.29 is 9.53 Å². The van der Waals surface area contributed by atoms with Crippen molar-refractivity contribution in [3.8, 4) is 17.0 Å². The van der Waals surface area contributed by atoms with Gasteiger partial charge in [0.05, 0.1) is 32.1 Å². The van der Waals surface area contributed by atoms with Crippen LogP contribution in [0.5, 0.6) is 5.75 Å². The standard InChI is InChI=1S/C25H22BrN7O3/c1-36-19-4-2-3-17(11-19)21-12-22(31-30-21)24(34)27-9-10-33-23-20(13-29-33)25(35)32(15-28-23)14-16-5-7-18(26)8-6-16/h2-8,11-13,15H,9-10,14H2,1H3,(H,27,34)(H,30,31). The minimum atomic E-state index is -0.294. The molecule has 1 amide bonds. The van der Waals surface area contributed by atoms with E-state index >= 15 is 0 Å². The van der Waals surface area contributed by atoms with E-state index in [2.05, 4.69) is 41.5 Å². The number of nitrogens with zero attached hydrogens (tertiary/aromatic N) is 5. The van der Waals surface area contributed by atoms with Gasteiger partial charge in [0.15, 0.2) is 5.65 Å². The number of benzene rings is 2. The summed E-state index contributed by atoms with van der Waals surface area (Å²) in [5.41, 5.74) is 3.12. The molecule has 36 heavy (non-hydrogen) atoms. The number of ether oxygens (including phenoxy) is 1. The van der Waals surface area contributed by atoms with Crippen LogP contribution < -0.4 is 15.6 Å². The topological polar surface area (TPSA) is 120 Å². The lowest BCUT2D eigenvalue weighted by Gasteiger charge is -2.07. The lowest BCUT2D eigenvalue weighted by atomic mass is 10.1. The number of methoxy groups -OCH3 is 1. The Morgan fingerprint density at radius 3 is 2.81 bits per heavy atom. The Bertz CT molecular complexity index is 1590. The molecule has 0 aliphatic heterocycles. The predicted molar refractivity (Wildman–Crippen MR) is 138 cm³/mol. The highest BCUT2D eigenvalue weighted by Gasteiger charge is 2.13. The first-order chi connectivity index (χ1) is 17.5. The van der Waals surface area contributed by atoms with Gasteiger partial charge in [0.25, 0.3) is 11.5 Å². The summed E-state index contributed by atoms with van der Waals surface area (Å²) in [5, 5.41) is 14.6. The summed E-state index contributed by atoms with van der Waals surface area (Å²) < 4.78 is 9.38. The summed E-state index contributed by atoms with van der Waals surface area (Å²) in [6, 6.07) is 16.9. The summed E-state index contributed by atoms with van der Waals surface area (Å²) >= 11 is 3.41. The van der Waals surface area contributed by atoms with E-state index in [1.807, 2.05) is 48.5 Å². The Kier molecular flexibility index (Phi) is 6.63. The van der Waals surface area contributed by atoms with Crippen LogP contribution in [0.25, 0.3) is 22.3 Å². The van der Waals surface area contributed by atoms with Crippen molar-refractivity contribution >= 4 is 32.9 Å². The molecular formula is C25H22BrN7O3. The quantitative estimate of drug-likeness (QED) is 0.307. The number of rotatable bonds is 8. The number of hydrogen-bond acceptors (Lipinski definition) is 6. The second-order valence-corrected chi connectivity index (χ2v) is 8.98. The molecule has 0 saturated carbocycles. The van der Waals surface area contributed by atoms with Gasteiger partial charge in [0.2, 0.25) is 0 Å². The molecule has 5 rings (SSSR count). The smallest absolute Gasteiger partial charge is 0.269 e. The van der Waals surface area contributed by atoms with Gasteiger partial charge in [-0.15, -0.1) is 0 Å². The van der Waals surface area contributed by atoms with Gasteiger partial charge in [0.1, 0.15) is 23.2 Å². The Morgan fingerprint density at radius 2 is 2.00 bits per heavy atom. The number of carbonyl (C=O) groups excluding carboxylic acids is 1. The SMILES string of the molecule is COc1cccc(-c2cc(C(=O)NCCn3ncc4c(=O)n(Cc5ccc(Br)cc5)cnc43)[nH]n2)c1. The van der Waals surface area contributed by atoms with E-state index in [4.69, 9.17) is 4.74 Å². The maximum Gasteiger partial charge on any atom is 0.269 e. The fraction of sp³-hybridized carbons (Fsp3) is 0.160. The van der Waals surface area contributed by atoms with Gasteiger partial charge in [-0.05, 0) is 35.9 Å². The minimum absolute atomic E-state index is 0.166. The molecule has 0 unspecified atom stereocenters. The number of nitrogens with one attached hydrogen (secondary N) is 2. The first kappa shape index (κ1) is 23.5. The zero-order chi connectivity index (χ0) is 25.1. The molecule has 10 nitrogen and oxygen atoms in total. The highest BCUT2D eigenvalue weighted by atomic mass is 79.9. The highest BCUT2D eigenvalue weighted by molar-refractivity contribution is 9.10. The monoisotopic (exact) mass is 547 g/mol. The second kappa shape index (κ2) is 10.2. The van der Waals surface area contributed by atoms with Crippen LogP contribution in [0.2, 0.25) is 0 Å². The average molecular weight is 548 g/mol. The zero-order valence-electron chi connectivity index (χ0n) is 19.3. The average Bonchev–Trinajstić information content (AvgIpc) is 3.55. The van der Waals surface area contributed by atoms with E-state index in [-0.39, 0.29) is 11.5 Å². The summed E-state index contributed by atoms with van der Waals surface area (Å²) in [7, 11) is 1.60. The van der Waals surface area contributed by atoms with Crippen molar-refractivity contribution in [1.29, 1.82) is 0 Å². The molecule has 0 spiro atoms. The van der Waals surface area contributed by atoms with Crippen LogP contribution in [-0.4, -0.2) is 49.1 Å². The number of hydrogen-bond donors (Lipinski definition) is 2. The fourth-order valence-corrected chi connectivity index (χ4v) is 4.06. The van der Waals surface area contributed by atoms with E-state index in [1.54, 1.807) is 22.4 Å². The first-order valence-corrected chi connectivity index (χ1v) is 11.9. The highest BCUT2D eigenvalue weighted by Crippen LogP contribution is 2.22. The lowest BCUT2D eigenvalue weighted by Crippen LogP contribution is -2.28. The number of aromatic nitrogens is 6. The molecule has 0 aliphatic carbocycles. The van der Waals surface area contributed by atoms with Gasteiger partial charge in [-0.25, -0.2) is 9.67 Å². The molecule has 2 aromatic carbocycles. The van der Waals surface area contributed by atoms with Gasteiger partial charge in [-0.1, -0.05) is 40.2 Å². The Balaban J connectivity index is 1.23. The Labute approximate surface area is 214 Å². The van der Waals surface area contributed by atoms with E-state index in [0.29, 0.717) is 47.8 Å². The molecule has 0 bridgehead atoms. The van der Waals surface area contributed by atoms with Crippen LogP contribution in [0.3, 0.4) is 0 Å². The maximum atomic E-state index is 12.9. The number of H-pyrrole nitrogens is 1. The molecule has 0 saturated heterocycles. The number of amides is 1. The van der Waals surface area contributed by atoms with E-state index in [1.165, 1.54) is 12.5 Å². The van der Waals surface area contributed by atoms with Gasteiger partial charge in [-0.2, -0.15) is 10.2 Å². The van der Waals surface area contributed by atoms with Gasteiger partial charge >= 0.3 is 0 Å². The maximum absolute atomic E-state index is 12.9. The van der Waals surface area contributed by atoms with E-state index in [9.17, 15) is 9.59 Å². The molecule has 0 fully saturated rings. The zero-order valence-corrected chi connectivity index (χ0v) is 20.9. The Hall–Kier alpha value is -4.25. The minimum Gasteiger partial charge on any atom is -0.497 e. The summed E-state index contributed by atoms with van der Waals surface area (Å²) in [6.07, 6.45) is 3.04. The van der Waals surface area contributed by atoms with Crippen LogP contribution in [0, 0.1) is 0 Å². The van der Waals surface area contributed by atoms with Crippen LogP contribution in [-0.2, 0) is 13.1 Å². The first-order valence-electron chi connectivity index (χ1n) is 11.2. The third-order valence-corrected chi connectivity index (χ3v) is 6.21. The molecule has 3 heterocycles. The van der Waals surface area contributed by atoms with E-state index in [0.717, 1.165) is 15.6 Å². The van der Waals surface area contributed by atoms with Crippen LogP contribution in [0.4, 0.5) is 0 Å². The lowest BCUT2D eigenvalue weighted by molar-refractivity contribution is 0.0947. The van der Waals surface area contributed by atoms with Crippen LogP contribution in [0.15, 0.2) is 76.4 Å². The number of aromatic amines is 1. The molecule has 3 aromatic heterocycles. The van der Waals surface area contributed by atoms with Crippen LogP contribution in [0.1, 0.15) is 16.1 Å². The number of halogens is 1. The van der Waals surface area contributed by atoms with Gasteiger partial charge in [0, 0.05) is 16.6 Å². The van der Waals surface area contributed by atoms with Crippen LogP contribution >= 0.6 is 15.9 Å². The molecule has 2 N–H and O–H groups in total. The second-order valence-electron chi connectivity index (χ2n) is 8.06. The molecule has 5 aromatic rings. The van der Waals surface area contributed by atoms with Crippen molar-refractivity contribution in [3.63, 3.8) is 0 Å². The normalized spacial score (nSPS) is 11.1. The van der Waals surface area contributed by atoms with Crippen molar-refractivity contribution in [2.45, 2.75) is 13.1 Å². The van der Waals surface area contributed by atoms with Crippen molar-refractivity contribution in [3.05, 3.63) is 93.2 Å². The fourth-order valence-electron chi connectivity index (χ4n) is 3.80. The predicted octanol–water partition coefficient (Wildman–Crippen LogP) is 3.23. The molecule has 11 heteroatoms. The molecular weight excluding hydrogens is 526 g/mol. The van der Waals surface area contributed by atoms with Crippen molar-refractivity contribution in [2.75, 3.05) is 13.7 Å². The third kappa shape index (κ3) is 4.91. The molecule has 0 atom stereocenters. The van der Waals surface area contributed by atoms with Crippen molar-refractivity contribution in [2.24, 2.45) is 0 Å².